The lowest BCUT2D eigenvalue weighted by Crippen LogP contribution is -1.95. The summed E-state index contributed by atoms with van der Waals surface area (Å²) < 4.78 is 71.1. The van der Waals surface area contributed by atoms with Crippen molar-refractivity contribution in [2.75, 3.05) is 0 Å². The molecule has 96 valence electrons. The Morgan fingerprint density at radius 2 is 2.00 bits per heavy atom. The van der Waals surface area contributed by atoms with E-state index >= 15 is 0 Å². The van der Waals surface area contributed by atoms with E-state index in [-0.39, 0.29) is 0 Å². The van der Waals surface area contributed by atoms with Gasteiger partial charge in [-0.05, 0) is 6.07 Å². The molecule has 0 spiro atoms. The molecule has 2 rings (SSSR count). The standard InChI is InChI=1S/C10H5BrF4N2O/c11-3-4-1-2-5(7(13)6(4)12)9-16-17-10(18-9)8(14)15/h1-2,8H,3H2/i3D2. The van der Waals surface area contributed by atoms with Crippen LogP contribution in [0.2, 0.25) is 0 Å². The molecule has 0 aliphatic carbocycles. The summed E-state index contributed by atoms with van der Waals surface area (Å²) in [6, 6.07) is 1.92. The van der Waals surface area contributed by atoms with Crippen LogP contribution in [-0.4, -0.2) is 10.2 Å². The number of benzene rings is 1. The van der Waals surface area contributed by atoms with Gasteiger partial charge in [0.2, 0.25) is 0 Å². The SMILES string of the molecule is [2H]C([2H])(Br)c1ccc(-c2nnc(C(F)F)o2)c(F)c1F. The monoisotopic (exact) mass is 326 g/mol. The third kappa shape index (κ3) is 2.24. The second kappa shape index (κ2) is 5.05. The summed E-state index contributed by atoms with van der Waals surface area (Å²) in [5.41, 5.74) is -1.10. The van der Waals surface area contributed by atoms with E-state index in [9.17, 15) is 17.6 Å². The minimum Gasteiger partial charge on any atom is -0.415 e. The van der Waals surface area contributed by atoms with Gasteiger partial charge in [-0.25, -0.2) is 8.78 Å². The van der Waals surface area contributed by atoms with E-state index in [4.69, 9.17) is 2.74 Å². The van der Waals surface area contributed by atoms with Gasteiger partial charge in [-0.3, -0.25) is 0 Å². The Morgan fingerprint density at radius 3 is 2.56 bits per heavy atom. The topological polar surface area (TPSA) is 38.9 Å². The van der Waals surface area contributed by atoms with Gasteiger partial charge in [0, 0.05) is 13.6 Å². The zero-order valence-corrected chi connectivity index (χ0v) is 10.0. The summed E-state index contributed by atoms with van der Waals surface area (Å²) in [6.07, 6.45) is -3.03. The minimum absolute atomic E-state index is 0.526. The fourth-order valence-electron chi connectivity index (χ4n) is 1.22. The molecule has 1 heterocycles. The van der Waals surface area contributed by atoms with Crippen LogP contribution in [0.15, 0.2) is 16.5 Å². The van der Waals surface area contributed by atoms with Gasteiger partial charge in [0.15, 0.2) is 11.6 Å². The Balaban J connectivity index is 2.51. The summed E-state index contributed by atoms with van der Waals surface area (Å²) in [5.74, 6) is -4.56. The van der Waals surface area contributed by atoms with Crippen LogP contribution in [0.3, 0.4) is 0 Å². The predicted octanol–water partition coefficient (Wildman–Crippen LogP) is 3.85. The van der Waals surface area contributed by atoms with Gasteiger partial charge < -0.3 is 4.42 Å². The van der Waals surface area contributed by atoms with Crippen LogP contribution < -0.4 is 0 Å². The van der Waals surface area contributed by atoms with Crippen molar-refractivity contribution < 1.29 is 24.7 Å². The number of hydrogen-bond acceptors (Lipinski definition) is 3. The zero-order chi connectivity index (χ0) is 15.1. The highest BCUT2D eigenvalue weighted by Crippen LogP contribution is 2.28. The second-order valence-corrected chi connectivity index (χ2v) is 3.53. The van der Waals surface area contributed by atoms with Gasteiger partial charge in [-0.2, -0.15) is 8.78 Å². The average Bonchev–Trinajstić information content (AvgIpc) is 2.80. The molecule has 0 fully saturated rings. The third-order valence-electron chi connectivity index (χ3n) is 2.04. The van der Waals surface area contributed by atoms with Crippen molar-refractivity contribution in [3.8, 4) is 11.5 Å². The number of aromatic nitrogens is 2. The summed E-state index contributed by atoms with van der Waals surface area (Å²) in [5, 5.41) is 3.91. The fraction of sp³-hybridized carbons (Fsp3) is 0.200. The van der Waals surface area contributed by atoms with Gasteiger partial charge in [-0.15, -0.1) is 10.2 Å². The Morgan fingerprint density at radius 1 is 1.28 bits per heavy atom. The van der Waals surface area contributed by atoms with Crippen LogP contribution in [0, 0.1) is 11.6 Å². The van der Waals surface area contributed by atoms with Gasteiger partial charge in [-0.1, -0.05) is 22.0 Å². The first-order valence-corrected chi connectivity index (χ1v) is 5.30. The Kier molecular flexibility index (Phi) is 2.94. The van der Waals surface area contributed by atoms with E-state index in [0.29, 0.717) is 0 Å². The Bertz CT molecular complexity index is 645. The molecule has 3 nitrogen and oxygen atoms in total. The van der Waals surface area contributed by atoms with E-state index in [1.165, 1.54) is 0 Å². The summed E-state index contributed by atoms with van der Waals surface area (Å²) in [6.45, 7) is 0. The number of alkyl halides is 3. The van der Waals surface area contributed by atoms with Gasteiger partial charge in [0.1, 0.15) is 0 Å². The van der Waals surface area contributed by atoms with Gasteiger partial charge >= 0.3 is 6.43 Å². The van der Waals surface area contributed by atoms with E-state index in [0.717, 1.165) is 12.1 Å². The van der Waals surface area contributed by atoms with Crippen LogP contribution in [0.5, 0.6) is 0 Å². The van der Waals surface area contributed by atoms with Crippen molar-refractivity contribution in [2.45, 2.75) is 11.7 Å². The van der Waals surface area contributed by atoms with Crippen molar-refractivity contribution in [3.05, 3.63) is 35.2 Å². The van der Waals surface area contributed by atoms with E-state index < -0.39 is 46.3 Å². The molecular weight excluding hydrogens is 320 g/mol. The minimum atomic E-state index is -3.03. The number of hydrogen-bond donors (Lipinski definition) is 0. The Hall–Kier alpha value is -1.44. The maximum atomic E-state index is 13.8. The normalized spacial score (nSPS) is 13.7. The molecule has 2 aromatic rings. The van der Waals surface area contributed by atoms with Crippen molar-refractivity contribution >= 4 is 15.9 Å². The Labute approximate surface area is 110 Å². The first kappa shape index (κ1) is 10.5. The molecule has 0 aliphatic rings. The molecule has 0 saturated heterocycles. The molecule has 0 aliphatic heterocycles. The highest BCUT2D eigenvalue weighted by atomic mass is 79.9. The van der Waals surface area contributed by atoms with Gasteiger partial charge in [0.05, 0.1) is 5.56 Å². The lowest BCUT2D eigenvalue weighted by atomic mass is 10.1. The molecule has 0 radical (unpaired) electrons. The molecule has 0 atom stereocenters. The summed E-state index contributed by atoms with van der Waals surface area (Å²) in [4.78, 5) is 0. The van der Waals surface area contributed by atoms with E-state index in [1.807, 2.05) is 0 Å². The third-order valence-corrected chi connectivity index (χ3v) is 2.47. The molecule has 18 heavy (non-hydrogen) atoms. The second-order valence-electron chi connectivity index (χ2n) is 3.13. The zero-order valence-electron chi connectivity index (χ0n) is 10.4. The van der Waals surface area contributed by atoms with Crippen molar-refractivity contribution in [2.24, 2.45) is 0 Å². The highest BCUT2D eigenvalue weighted by Gasteiger charge is 2.21. The maximum absolute atomic E-state index is 13.8. The largest absolute Gasteiger partial charge is 0.415 e. The quantitative estimate of drug-likeness (QED) is 0.635. The first-order chi connectivity index (χ1) is 9.21. The molecule has 0 bridgehead atoms. The van der Waals surface area contributed by atoms with Crippen molar-refractivity contribution in [3.63, 3.8) is 0 Å². The van der Waals surface area contributed by atoms with E-state index in [2.05, 4.69) is 30.5 Å². The molecule has 0 N–H and O–H groups in total. The van der Waals surface area contributed by atoms with Crippen LogP contribution in [0.25, 0.3) is 11.5 Å². The van der Waals surface area contributed by atoms with Crippen molar-refractivity contribution in [1.82, 2.24) is 10.2 Å². The lowest BCUT2D eigenvalue weighted by molar-refractivity contribution is 0.116. The van der Waals surface area contributed by atoms with Crippen LogP contribution in [0.4, 0.5) is 17.6 Å². The summed E-state index contributed by atoms with van der Waals surface area (Å²) >= 11 is 2.55. The molecule has 8 heteroatoms. The molecule has 0 amide bonds. The molecule has 0 saturated carbocycles. The molecular formula is C10H5BrF4N2O. The first-order valence-electron chi connectivity index (χ1n) is 5.51. The van der Waals surface area contributed by atoms with Gasteiger partial charge in [0.25, 0.3) is 11.8 Å². The fourth-order valence-corrected chi connectivity index (χ4v) is 1.53. The average molecular weight is 327 g/mol. The molecule has 1 aromatic heterocycles. The van der Waals surface area contributed by atoms with Crippen LogP contribution in [-0.2, 0) is 5.28 Å². The van der Waals surface area contributed by atoms with E-state index in [1.54, 1.807) is 0 Å². The van der Waals surface area contributed by atoms with Crippen LogP contribution in [0.1, 0.15) is 20.6 Å². The molecule has 0 unspecified atom stereocenters. The number of nitrogens with zero attached hydrogens (tertiary/aromatic N) is 2. The number of rotatable bonds is 3. The van der Waals surface area contributed by atoms with Crippen LogP contribution >= 0.6 is 15.9 Å². The number of halogens is 5. The smallest absolute Gasteiger partial charge is 0.314 e. The predicted molar refractivity (Wildman–Crippen MR) is 57.2 cm³/mol. The van der Waals surface area contributed by atoms with Crippen molar-refractivity contribution in [1.29, 1.82) is 0 Å². The summed E-state index contributed by atoms with van der Waals surface area (Å²) in [7, 11) is 0. The highest BCUT2D eigenvalue weighted by molar-refractivity contribution is 9.08. The maximum Gasteiger partial charge on any atom is 0.314 e. The lowest BCUT2D eigenvalue weighted by Gasteiger charge is -2.03. The molecule has 1 aromatic carbocycles.